The second kappa shape index (κ2) is 5.94. The molecule has 2 aromatic rings. The Morgan fingerprint density at radius 1 is 1.24 bits per heavy atom. The third kappa shape index (κ3) is 3.38. The van der Waals surface area contributed by atoms with Crippen molar-refractivity contribution >= 4 is 15.7 Å². The third-order valence-corrected chi connectivity index (χ3v) is 4.33. The van der Waals surface area contributed by atoms with Crippen LogP contribution >= 0.6 is 0 Å². The molecular weight excluding hydrogens is 291 g/mol. The van der Waals surface area contributed by atoms with E-state index < -0.39 is 15.8 Å². The van der Waals surface area contributed by atoms with Crippen LogP contribution in [0, 0.1) is 17.1 Å². The van der Waals surface area contributed by atoms with Crippen LogP contribution in [0.2, 0.25) is 0 Å². The fraction of sp³-hybridized carbons (Fsp3) is 0.133. The van der Waals surface area contributed by atoms with Crippen molar-refractivity contribution in [3.05, 3.63) is 59.4 Å². The van der Waals surface area contributed by atoms with Crippen LogP contribution in [-0.2, 0) is 16.4 Å². The summed E-state index contributed by atoms with van der Waals surface area (Å²) in [5, 5.41) is 8.76. The van der Waals surface area contributed by atoms with Gasteiger partial charge >= 0.3 is 0 Å². The Hall–Kier alpha value is -2.39. The summed E-state index contributed by atoms with van der Waals surface area (Å²) >= 11 is 0. The maximum Gasteiger partial charge on any atom is 0.261 e. The highest BCUT2D eigenvalue weighted by Gasteiger charge is 2.16. The molecule has 1 N–H and O–H groups in total. The van der Waals surface area contributed by atoms with Crippen molar-refractivity contribution in [3.63, 3.8) is 0 Å². The van der Waals surface area contributed by atoms with Gasteiger partial charge in [0.2, 0.25) is 0 Å². The first-order valence-electron chi connectivity index (χ1n) is 6.27. The molecule has 0 unspecified atom stereocenters. The first-order chi connectivity index (χ1) is 9.96. The smallest absolute Gasteiger partial charge is 0.261 e. The molecule has 0 spiro atoms. The Kier molecular flexibility index (Phi) is 4.24. The Bertz CT molecular complexity index is 811. The molecule has 6 heteroatoms. The lowest BCUT2D eigenvalue weighted by atomic mass is 10.1. The maximum absolute atomic E-state index is 13.2. The molecule has 0 saturated carbocycles. The first-order valence-corrected chi connectivity index (χ1v) is 7.76. The number of hydrogen-bond donors (Lipinski definition) is 1. The van der Waals surface area contributed by atoms with E-state index in [9.17, 15) is 12.8 Å². The highest BCUT2D eigenvalue weighted by molar-refractivity contribution is 7.92. The molecular formula is C15H13FN2O2S. The maximum atomic E-state index is 13.2. The average molecular weight is 304 g/mol. The van der Waals surface area contributed by atoms with Gasteiger partial charge in [0.1, 0.15) is 11.9 Å². The predicted molar refractivity (Wildman–Crippen MR) is 77.7 cm³/mol. The summed E-state index contributed by atoms with van der Waals surface area (Å²) < 4.78 is 40.1. The molecule has 0 saturated heterocycles. The summed E-state index contributed by atoms with van der Waals surface area (Å²) in [6, 6.07) is 11.7. The van der Waals surface area contributed by atoms with E-state index in [1.165, 1.54) is 0 Å². The Morgan fingerprint density at radius 3 is 2.67 bits per heavy atom. The van der Waals surface area contributed by atoms with Crippen LogP contribution in [0.25, 0.3) is 0 Å². The number of nitrogens with one attached hydrogen (secondary N) is 1. The van der Waals surface area contributed by atoms with E-state index in [0.717, 1.165) is 30.2 Å². The van der Waals surface area contributed by atoms with Crippen LogP contribution < -0.4 is 4.72 Å². The quantitative estimate of drug-likeness (QED) is 0.943. The van der Waals surface area contributed by atoms with Gasteiger partial charge in [-0.1, -0.05) is 19.1 Å². The van der Waals surface area contributed by atoms with Crippen LogP contribution in [0.5, 0.6) is 0 Å². The minimum absolute atomic E-state index is 0.151. The molecule has 0 aromatic heterocycles. The van der Waals surface area contributed by atoms with Gasteiger partial charge in [0, 0.05) is 5.69 Å². The lowest BCUT2D eigenvalue weighted by Gasteiger charge is -2.09. The number of halogens is 1. The molecule has 2 aromatic carbocycles. The zero-order valence-electron chi connectivity index (χ0n) is 11.3. The van der Waals surface area contributed by atoms with Gasteiger partial charge in [-0.15, -0.1) is 0 Å². The third-order valence-electron chi connectivity index (χ3n) is 2.96. The number of benzene rings is 2. The standard InChI is InChI=1S/C15H13FN2O2S/c1-2-11-4-3-5-13(8-11)18-21(19,20)14-6-7-15(16)12(9-14)10-17/h3-9,18H,2H2,1H3. The highest BCUT2D eigenvalue weighted by atomic mass is 32.2. The van der Waals surface area contributed by atoms with Crippen molar-refractivity contribution in [2.24, 2.45) is 0 Å². The van der Waals surface area contributed by atoms with Gasteiger partial charge < -0.3 is 0 Å². The number of hydrogen-bond acceptors (Lipinski definition) is 3. The molecule has 21 heavy (non-hydrogen) atoms. The molecule has 0 aliphatic heterocycles. The van der Waals surface area contributed by atoms with Gasteiger partial charge in [0.15, 0.2) is 0 Å². The summed E-state index contributed by atoms with van der Waals surface area (Å²) in [5.41, 5.74) is 1.12. The van der Waals surface area contributed by atoms with Crippen molar-refractivity contribution in [2.75, 3.05) is 4.72 Å². The van der Waals surface area contributed by atoms with Gasteiger partial charge in [-0.3, -0.25) is 4.72 Å². The fourth-order valence-electron chi connectivity index (χ4n) is 1.83. The summed E-state index contributed by atoms with van der Waals surface area (Å²) in [7, 11) is -3.86. The van der Waals surface area contributed by atoms with E-state index in [-0.39, 0.29) is 10.5 Å². The molecule has 2 rings (SSSR count). The average Bonchev–Trinajstić information content (AvgIpc) is 2.47. The highest BCUT2D eigenvalue weighted by Crippen LogP contribution is 2.19. The predicted octanol–water partition coefficient (Wildman–Crippen LogP) is 3.06. The van der Waals surface area contributed by atoms with Gasteiger partial charge in [-0.05, 0) is 42.3 Å². The van der Waals surface area contributed by atoms with Crippen molar-refractivity contribution < 1.29 is 12.8 Å². The van der Waals surface area contributed by atoms with Crippen molar-refractivity contribution in [2.45, 2.75) is 18.2 Å². The Labute approximate surface area is 122 Å². The lowest BCUT2D eigenvalue weighted by molar-refractivity contribution is 0.599. The fourth-order valence-corrected chi connectivity index (χ4v) is 2.90. The number of aryl methyl sites for hydroxylation is 1. The summed E-state index contributed by atoms with van der Waals surface area (Å²) in [6.45, 7) is 1.97. The van der Waals surface area contributed by atoms with Crippen LogP contribution in [0.1, 0.15) is 18.1 Å². The number of nitrogens with zero attached hydrogens (tertiary/aromatic N) is 1. The molecule has 0 aliphatic carbocycles. The van der Waals surface area contributed by atoms with Gasteiger partial charge in [-0.2, -0.15) is 5.26 Å². The number of anilines is 1. The number of sulfonamides is 1. The van der Waals surface area contributed by atoms with E-state index in [1.807, 2.05) is 13.0 Å². The second-order valence-corrected chi connectivity index (χ2v) is 6.10. The normalized spacial score (nSPS) is 10.9. The Morgan fingerprint density at radius 2 is 2.00 bits per heavy atom. The van der Waals surface area contributed by atoms with E-state index >= 15 is 0 Å². The molecule has 0 aliphatic rings. The SMILES string of the molecule is CCc1cccc(NS(=O)(=O)c2ccc(F)c(C#N)c2)c1. The zero-order chi connectivity index (χ0) is 15.5. The molecule has 0 atom stereocenters. The van der Waals surface area contributed by atoms with Gasteiger partial charge in [-0.25, -0.2) is 12.8 Å². The Balaban J connectivity index is 2.36. The molecule has 0 fully saturated rings. The van der Waals surface area contributed by atoms with Crippen LogP contribution in [0.3, 0.4) is 0 Å². The van der Waals surface area contributed by atoms with E-state index in [0.29, 0.717) is 5.69 Å². The molecule has 0 bridgehead atoms. The van der Waals surface area contributed by atoms with Gasteiger partial charge in [0.05, 0.1) is 10.5 Å². The minimum atomic E-state index is -3.86. The van der Waals surface area contributed by atoms with Crippen LogP contribution in [0.4, 0.5) is 10.1 Å². The summed E-state index contributed by atoms with van der Waals surface area (Å²) in [4.78, 5) is -0.151. The van der Waals surface area contributed by atoms with Crippen molar-refractivity contribution in [1.29, 1.82) is 5.26 Å². The first kappa shape index (κ1) is 15.0. The van der Waals surface area contributed by atoms with Crippen molar-refractivity contribution in [3.8, 4) is 6.07 Å². The van der Waals surface area contributed by atoms with Crippen molar-refractivity contribution in [1.82, 2.24) is 0 Å². The monoisotopic (exact) mass is 304 g/mol. The number of nitriles is 1. The minimum Gasteiger partial charge on any atom is -0.280 e. The van der Waals surface area contributed by atoms with E-state index in [1.54, 1.807) is 24.3 Å². The van der Waals surface area contributed by atoms with Crippen LogP contribution in [-0.4, -0.2) is 8.42 Å². The summed E-state index contributed by atoms with van der Waals surface area (Å²) in [5.74, 6) is -0.746. The van der Waals surface area contributed by atoms with Gasteiger partial charge in [0.25, 0.3) is 10.0 Å². The largest absolute Gasteiger partial charge is 0.280 e. The zero-order valence-corrected chi connectivity index (χ0v) is 12.1. The molecule has 4 nitrogen and oxygen atoms in total. The lowest BCUT2D eigenvalue weighted by Crippen LogP contribution is -2.13. The second-order valence-electron chi connectivity index (χ2n) is 4.41. The molecule has 0 heterocycles. The summed E-state index contributed by atoms with van der Waals surface area (Å²) in [6.07, 6.45) is 0.782. The molecule has 108 valence electrons. The van der Waals surface area contributed by atoms with E-state index in [2.05, 4.69) is 4.72 Å². The topological polar surface area (TPSA) is 70.0 Å². The molecule has 0 radical (unpaired) electrons. The van der Waals surface area contributed by atoms with Crippen LogP contribution in [0.15, 0.2) is 47.4 Å². The van der Waals surface area contributed by atoms with E-state index in [4.69, 9.17) is 5.26 Å². The molecule has 0 amide bonds. The number of rotatable bonds is 4.